The summed E-state index contributed by atoms with van der Waals surface area (Å²) in [6, 6.07) is 12.1. The molecule has 3 heteroatoms. The van der Waals surface area contributed by atoms with E-state index in [9.17, 15) is 0 Å². The second-order valence-electron chi connectivity index (χ2n) is 8.99. The molecule has 1 nitrogen and oxygen atoms in total. The van der Waals surface area contributed by atoms with Crippen molar-refractivity contribution in [1.82, 2.24) is 4.90 Å². The lowest BCUT2D eigenvalue weighted by Gasteiger charge is -2.29. The Hall–Kier alpha value is -0.646. The van der Waals surface area contributed by atoms with Gasteiger partial charge in [0, 0.05) is 21.2 Å². The van der Waals surface area contributed by atoms with Gasteiger partial charge in [-0.05, 0) is 24.2 Å². The first-order valence-corrected chi connectivity index (χ1v) is 15.9. The van der Waals surface area contributed by atoms with Crippen molar-refractivity contribution in [2.75, 3.05) is 12.7 Å². The molecule has 0 aromatic heterocycles. The van der Waals surface area contributed by atoms with Crippen LogP contribution in [0.15, 0.2) is 42.5 Å². The third-order valence-corrected chi connectivity index (χ3v) is 6.47. The van der Waals surface area contributed by atoms with Gasteiger partial charge in [-0.3, -0.25) is 0 Å². The monoisotopic (exact) mass is 333 g/mol. The molecule has 124 valence electrons. The molecule has 1 aromatic carbocycles. The third-order valence-electron chi connectivity index (χ3n) is 3.51. The maximum absolute atomic E-state index is 4.33. The van der Waals surface area contributed by atoms with Crippen molar-refractivity contribution < 1.29 is 0 Å². The maximum atomic E-state index is 4.33. The molecule has 0 heterocycles. The molecule has 1 rings (SSSR count). The minimum absolute atomic E-state index is 1.02. The first-order valence-electron chi connectivity index (χ1n) is 8.48. The number of hydrogen-bond acceptors (Lipinski definition) is 1. The summed E-state index contributed by atoms with van der Waals surface area (Å²) < 4.78 is 0. The summed E-state index contributed by atoms with van der Waals surface area (Å²) >= 11 is 0. The molecule has 0 unspecified atom stereocenters. The van der Waals surface area contributed by atoms with Gasteiger partial charge in [0.2, 0.25) is 0 Å². The molecule has 0 radical (unpaired) electrons. The Morgan fingerprint density at radius 2 is 1.55 bits per heavy atom. The molecule has 1 aromatic rings. The molecule has 22 heavy (non-hydrogen) atoms. The van der Waals surface area contributed by atoms with E-state index < -0.39 is 16.1 Å². The molecule has 0 amide bonds. The van der Waals surface area contributed by atoms with Crippen molar-refractivity contribution in [3.8, 4) is 0 Å². The van der Waals surface area contributed by atoms with Crippen molar-refractivity contribution in [1.29, 1.82) is 0 Å². The molecule has 0 fully saturated rings. The van der Waals surface area contributed by atoms with E-state index in [1.807, 2.05) is 0 Å². The van der Waals surface area contributed by atoms with Crippen molar-refractivity contribution in [2.24, 2.45) is 0 Å². The van der Waals surface area contributed by atoms with Gasteiger partial charge in [-0.25, -0.2) is 0 Å². The zero-order valence-electron chi connectivity index (χ0n) is 15.6. The summed E-state index contributed by atoms with van der Waals surface area (Å²) in [5.41, 5.74) is 2.88. The minimum atomic E-state index is -1.09. The van der Waals surface area contributed by atoms with Gasteiger partial charge in [-0.2, -0.15) is 0 Å². The van der Waals surface area contributed by atoms with Crippen LogP contribution >= 0.6 is 0 Å². The lowest BCUT2D eigenvalue weighted by molar-refractivity contribution is 0.308. The quantitative estimate of drug-likeness (QED) is 0.417. The summed E-state index contributed by atoms with van der Waals surface area (Å²) in [5, 5.41) is 0. The molecule has 0 aliphatic heterocycles. The topological polar surface area (TPSA) is 3.24 Å². The average Bonchev–Trinajstić information content (AvgIpc) is 2.33. The highest BCUT2D eigenvalue weighted by Gasteiger charge is 2.20. The largest absolute Gasteiger partial charge is 0.302 e. The number of hydrogen-bond donors (Lipinski definition) is 0. The molecule has 0 N–H and O–H groups in total. The fourth-order valence-corrected chi connectivity index (χ4v) is 6.17. The second kappa shape index (κ2) is 8.27. The highest BCUT2D eigenvalue weighted by Crippen LogP contribution is 2.19. The molecule has 0 saturated heterocycles. The molecular formula is C19H35NSi2. The van der Waals surface area contributed by atoms with Crippen molar-refractivity contribution in [3.63, 3.8) is 0 Å². The Balaban J connectivity index is 2.61. The molecule has 0 saturated carbocycles. The normalized spacial score (nSPS) is 12.7. The molecule has 0 spiro atoms. The van der Waals surface area contributed by atoms with Gasteiger partial charge in [0.1, 0.15) is 0 Å². The van der Waals surface area contributed by atoms with Crippen LogP contribution in [0.1, 0.15) is 12.0 Å². The molecular weight excluding hydrogens is 298 g/mol. The Bertz CT molecular complexity index is 455. The predicted molar refractivity (Wildman–Crippen MR) is 107 cm³/mol. The lowest BCUT2D eigenvalue weighted by atomic mass is 10.2. The highest BCUT2D eigenvalue weighted by atomic mass is 28.3. The number of benzene rings is 1. The van der Waals surface area contributed by atoms with Gasteiger partial charge in [-0.1, -0.05) is 75.2 Å². The molecule has 0 aliphatic carbocycles. The van der Waals surface area contributed by atoms with E-state index in [4.69, 9.17) is 0 Å². The van der Waals surface area contributed by atoms with Crippen LogP contribution < -0.4 is 0 Å². The SMILES string of the molecule is C=C(CCN(Cc1ccccc1)C[Si](C)(C)C)C[Si](C)(C)C. The first-order chi connectivity index (χ1) is 10.1. The average molecular weight is 334 g/mol. The Morgan fingerprint density at radius 3 is 2.05 bits per heavy atom. The smallest absolute Gasteiger partial charge is 0.0599 e. The molecule has 0 bridgehead atoms. The van der Waals surface area contributed by atoms with Crippen LogP contribution in [0.5, 0.6) is 0 Å². The standard InChI is InChI=1S/C19H35NSi2/c1-18(16-21(2,3)4)13-14-20(17-22(5,6)7)15-19-11-9-8-10-12-19/h8-12H,1,13-17H2,2-7H3. The van der Waals surface area contributed by atoms with Crippen LogP contribution in [0.3, 0.4) is 0 Å². The fraction of sp³-hybridized carbons (Fsp3) is 0.579. The maximum Gasteiger partial charge on any atom is 0.0599 e. The van der Waals surface area contributed by atoms with Crippen molar-refractivity contribution in [3.05, 3.63) is 48.0 Å². The third kappa shape index (κ3) is 9.39. The second-order valence-corrected chi connectivity index (χ2v) is 19.9. The van der Waals surface area contributed by atoms with Crippen LogP contribution in [-0.4, -0.2) is 33.8 Å². The van der Waals surface area contributed by atoms with Gasteiger partial charge >= 0.3 is 0 Å². The van der Waals surface area contributed by atoms with E-state index in [0.717, 1.165) is 19.5 Å². The van der Waals surface area contributed by atoms with E-state index in [1.165, 1.54) is 23.3 Å². The first kappa shape index (κ1) is 19.4. The van der Waals surface area contributed by atoms with Gasteiger partial charge in [0.15, 0.2) is 0 Å². The van der Waals surface area contributed by atoms with Crippen LogP contribution in [0, 0.1) is 0 Å². The van der Waals surface area contributed by atoms with E-state index in [0.29, 0.717) is 0 Å². The van der Waals surface area contributed by atoms with Crippen LogP contribution in [0.4, 0.5) is 0 Å². The van der Waals surface area contributed by atoms with E-state index >= 15 is 0 Å². The Labute approximate surface area is 140 Å². The zero-order chi connectivity index (χ0) is 16.8. The van der Waals surface area contributed by atoms with Gasteiger partial charge in [0.25, 0.3) is 0 Å². The number of rotatable bonds is 9. The zero-order valence-corrected chi connectivity index (χ0v) is 17.6. The highest BCUT2D eigenvalue weighted by molar-refractivity contribution is 6.76. The summed E-state index contributed by atoms with van der Waals surface area (Å²) in [6.45, 7) is 21.2. The Morgan fingerprint density at radius 1 is 0.955 bits per heavy atom. The lowest BCUT2D eigenvalue weighted by Crippen LogP contribution is -2.40. The predicted octanol–water partition coefficient (Wildman–Crippen LogP) is 5.65. The van der Waals surface area contributed by atoms with Gasteiger partial charge in [-0.15, -0.1) is 6.58 Å². The molecule has 0 aliphatic rings. The molecule has 0 atom stereocenters. The summed E-state index contributed by atoms with van der Waals surface area (Å²) in [7, 11) is -2.11. The van der Waals surface area contributed by atoms with Gasteiger partial charge in [0.05, 0.1) is 8.07 Å². The van der Waals surface area contributed by atoms with Crippen LogP contribution in [-0.2, 0) is 6.54 Å². The summed E-state index contributed by atoms with van der Waals surface area (Å²) in [5.74, 6) is 0. The summed E-state index contributed by atoms with van der Waals surface area (Å²) in [6.07, 6.45) is 2.42. The fourth-order valence-electron chi connectivity index (χ4n) is 2.88. The number of nitrogens with zero attached hydrogens (tertiary/aromatic N) is 1. The van der Waals surface area contributed by atoms with Crippen LogP contribution in [0.2, 0.25) is 45.3 Å². The van der Waals surface area contributed by atoms with E-state index in [1.54, 1.807) is 0 Å². The van der Waals surface area contributed by atoms with Gasteiger partial charge < -0.3 is 4.90 Å². The minimum Gasteiger partial charge on any atom is -0.302 e. The Kier molecular flexibility index (Phi) is 7.30. The van der Waals surface area contributed by atoms with Crippen LogP contribution in [0.25, 0.3) is 0 Å². The summed E-state index contributed by atoms with van der Waals surface area (Å²) in [4.78, 5) is 2.65. The van der Waals surface area contributed by atoms with E-state index in [-0.39, 0.29) is 0 Å². The van der Waals surface area contributed by atoms with Crippen molar-refractivity contribution in [2.45, 2.75) is 58.3 Å². The van der Waals surface area contributed by atoms with E-state index in [2.05, 4.69) is 81.1 Å². The van der Waals surface area contributed by atoms with Crippen molar-refractivity contribution >= 4 is 16.1 Å².